The summed E-state index contributed by atoms with van der Waals surface area (Å²) in [5.41, 5.74) is 5.92. The van der Waals surface area contributed by atoms with Gasteiger partial charge >= 0.3 is 6.03 Å². The fourth-order valence-corrected chi connectivity index (χ4v) is 2.63. The van der Waals surface area contributed by atoms with Crippen molar-refractivity contribution in [2.45, 2.75) is 25.4 Å². The number of likely N-dealkylation sites (N-methyl/N-ethyl adjacent to an activating group) is 1. The van der Waals surface area contributed by atoms with Crippen LogP contribution in [-0.4, -0.2) is 43.1 Å². The average molecular weight is 326 g/mol. The van der Waals surface area contributed by atoms with E-state index in [9.17, 15) is 9.59 Å². The van der Waals surface area contributed by atoms with Crippen LogP contribution in [0.1, 0.15) is 29.6 Å². The average Bonchev–Trinajstić information content (AvgIpc) is 2.47. The van der Waals surface area contributed by atoms with E-state index in [1.807, 2.05) is 0 Å². The summed E-state index contributed by atoms with van der Waals surface area (Å²) in [4.78, 5) is 24.8. The molecule has 3 amide bonds. The Morgan fingerprint density at radius 2 is 2.23 bits per heavy atom. The third-order valence-electron chi connectivity index (χ3n) is 3.58. The summed E-state index contributed by atoms with van der Waals surface area (Å²) in [5.74, 6) is -0.602. The molecule has 1 saturated heterocycles. The number of carbonyl (C=O) groups excluding carboxylic acids is 2. The Hall–Kier alpha value is -1.79. The molecule has 120 valence electrons. The predicted molar refractivity (Wildman–Crippen MR) is 85.2 cm³/mol. The molecule has 0 bridgehead atoms. The molecule has 0 spiro atoms. The lowest BCUT2D eigenvalue weighted by molar-refractivity contribution is 0.00463. The van der Waals surface area contributed by atoms with E-state index in [1.54, 1.807) is 18.0 Å². The van der Waals surface area contributed by atoms with E-state index >= 15 is 0 Å². The zero-order valence-electron chi connectivity index (χ0n) is 12.5. The lowest BCUT2D eigenvalue weighted by Gasteiger charge is -2.27. The molecule has 0 aromatic heterocycles. The van der Waals surface area contributed by atoms with Gasteiger partial charge in [0, 0.05) is 25.9 Å². The fraction of sp³-hybridized carbons (Fsp3) is 0.467. The molecule has 7 heteroatoms. The molecule has 0 aliphatic carbocycles. The van der Waals surface area contributed by atoms with E-state index in [0.717, 1.165) is 25.9 Å². The van der Waals surface area contributed by atoms with Gasteiger partial charge in [-0.2, -0.15) is 0 Å². The molecule has 1 aliphatic rings. The number of anilines is 1. The normalized spacial score (nSPS) is 17.8. The number of rotatable bonds is 4. The van der Waals surface area contributed by atoms with Crippen molar-refractivity contribution in [3.05, 3.63) is 28.8 Å². The maximum absolute atomic E-state index is 12.1. The van der Waals surface area contributed by atoms with E-state index < -0.39 is 5.91 Å². The van der Waals surface area contributed by atoms with Crippen LogP contribution in [0.2, 0.25) is 5.02 Å². The highest BCUT2D eigenvalue weighted by atomic mass is 35.5. The van der Waals surface area contributed by atoms with E-state index in [4.69, 9.17) is 22.1 Å². The Bertz CT molecular complexity index is 559. The van der Waals surface area contributed by atoms with Gasteiger partial charge < -0.3 is 20.7 Å². The van der Waals surface area contributed by atoms with Crippen LogP contribution in [0.4, 0.5) is 10.5 Å². The fourth-order valence-electron chi connectivity index (χ4n) is 2.35. The molecule has 2 rings (SSSR count). The number of halogens is 1. The van der Waals surface area contributed by atoms with Gasteiger partial charge in [0.2, 0.25) is 5.91 Å². The minimum absolute atomic E-state index is 0.0883. The van der Waals surface area contributed by atoms with E-state index in [2.05, 4.69) is 5.32 Å². The molecule has 22 heavy (non-hydrogen) atoms. The van der Waals surface area contributed by atoms with Crippen LogP contribution in [0.5, 0.6) is 0 Å². The first-order chi connectivity index (χ1) is 10.5. The molecular weight excluding hydrogens is 306 g/mol. The molecule has 1 aromatic rings. The molecular formula is C15H20ClN3O3. The quantitative estimate of drug-likeness (QED) is 0.891. The molecule has 1 heterocycles. The standard InChI is InChI=1S/C15H20ClN3O3/c1-19(9-11-4-2-3-7-22-11)15(21)18-10-5-6-12(14(17)20)13(16)8-10/h5-6,8,11H,2-4,7,9H2,1H3,(H2,17,20)(H,18,21)/t11-/m1/s1. The van der Waals surface area contributed by atoms with Crippen molar-refractivity contribution < 1.29 is 14.3 Å². The summed E-state index contributed by atoms with van der Waals surface area (Å²) in [6, 6.07) is 4.33. The topological polar surface area (TPSA) is 84.7 Å². The van der Waals surface area contributed by atoms with Gasteiger partial charge in [0.25, 0.3) is 0 Å². The van der Waals surface area contributed by atoms with Gasteiger partial charge in [-0.15, -0.1) is 0 Å². The van der Waals surface area contributed by atoms with Crippen molar-refractivity contribution in [2.75, 3.05) is 25.5 Å². The number of primary amides is 1. The predicted octanol–water partition coefficient (Wildman–Crippen LogP) is 2.47. The lowest BCUT2D eigenvalue weighted by Crippen LogP contribution is -2.39. The number of nitrogens with zero attached hydrogens (tertiary/aromatic N) is 1. The second kappa shape index (κ2) is 7.47. The second-order valence-corrected chi connectivity index (χ2v) is 5.77. The van der Waals surface area contributed by atoms with Crippen LogP contribution in [-0.2, 0) is 4.74 Å². The van der Waals surface area contributed by atoms with Crippen LogP contribution in [0.15, 0.2) is 18.2 Å². The van der Waals surface area contributed by atoms with Gasteiger partial charge in [-0.05, 0) is 37.5 Å². The Balaban J connectivity index is 1.93. The van der Waals surface area contributed by atoms with Crippen LogP contribution >= 0.6 is 11.6 Å². The lowest BCUT2D eigenvalue weighted by atomic mass is 10.1. The molecule has 1 aromatic carbocycles. The number of hydrogen-bond acceptors (Lipinski definition) is 3. The zero-order chi connectivity index (χ0) is 16.1. The Labute approximate surface area is 134 Å². The molecule has 0 unspecified atom stereocenters. The molecule has 0 radical (unpaired) electrons. The van der Waals surface area contributed by atoms with Crippen molar-refractivity contribution in [3.63, 3.8) is 0 Å². The maximum Gasteiger partial charge on any atom is 0.321 e. The van der Waals surface area contributed by atoms with Gasteiger partial charge in [0.1, 0.15) is 0 Å². The summed E-state index contributed by atoms with van der Waals surface area (Å²) in [5, 5.41) is 2.94. The first-order valence-corrected chi connectivity index (χ1v) is 7.58. The Kier molecular flexibility index (Phi) is 5.63. The number of benzene rings is 1. The number of urea groups is 1. The van der Waals surface area contributed by atoms with Crippen LogP contribution in [0.3, 0.4) is 0 Å². The summed E-state index contributed by atoms with van der Waals surface area (Å²) in [6.07, 6.45) is 3.27. The molecule has 3 N–H and O–H groups in total. The van der Waals surface area contributed by atoms with Gasteiger partial charge in [-0.1, -0.05) is 11.6 Å². The van der Waals surface area contributed by atoms with E-state index in [0.29, 0.717) is 12.2 Å². The van der Waals surface area contributed by atoms with Crippen LogP contribution in [0.25, 0.3) is 0 Å². The number of nitrogens with two attached hydrogens (primary N) is 1. The second-order valence-electron chi connectivity index (χ2n) is 5.36. The zero-order valence-corrected chi connectivity index (χ0v) is 13.2. The van der Waals surface area contributed by atoms with Gasteiger partial charge in [-0.3, -0.25) is 4.79 Å². The highest BCUT2D eigenvalue weighted by Gasteiger charge is 2.19. The SMILES string of the molecule is CN(C[C@H]1CCCCO1)C(=O)Nc1ccc(C(N)=O)c(Cl)c1. The number of ether oxygens (including phenoxy) is 1. The van der Waals surface area contributed by atoms with E-state index in [-0.39, 0.29) is 22.7 Å². The summed E-state index contributed by atoms with van der Waals surface area (Å²) >= 11 is 5.96. The maximum atomic E-state index is 12.1. The van der Waals surface area contributed by atoms with Crippen molar-refractivity contribution in [1.82, 2.24) is 4.90 Å². The Morgan fingerprint density at radius 3 is 2.82 bits per heavy atom. The van der Waals surface area contributed by atoms with Gasteiger partial charge in [0.15, 0.2) is 0 Å². The van der Waals surface area contributed by atoms with Crippen molar-refractivity contribution in [3.8, 4) is 0 Å². The highest BCUT2D eigenvalue weighted by molar-refractivity contribution is 6.34. The summed E-state index contributed by atoms with van der Waals surface area (Å²) in [6.45, 7) is 1.29. The van der Waals surface area contributed by atoms with Gasteiger partial charge in [0.05, 0.1) is 16.7 Å². The molecule has 1 fully saturated rings. The number of nitrogens with one attached hydrogen (secondary N) is 1. The number of hydrogen-bond donors (Lipinski definition) is 2. The molecule has 6 nitrogen and oxygen atoms in total. The first kappa shape index (κ1) is 16.6. The summed E-state index contributed by atoms with van der Waals surface area (Å²) in [7, 11) is 1.71. The van der Waals surface area contributed by atoms with Crippen LogP contribution < -0.4 is 11.1 Å². The van der Waals surface area contributed by atoms with Crippen LogP contribution in [0, 0.1) is 0 Å². The van der Waals surface area contributed by atoms with Crippen molar-refractivity contribution in [1.29, 1.82) is 0 Å². The highest BCUT2D eigenvalue weighted by Crippen LogP contribution is 2.21. The largest absolute Gasteiger partial charge is 0.376 e. The first-order valence-electron chi connectivity index (χ1n) is 7.20. The monoisotopic (exact) mass is 325 g/mol. The third kappa shape index (κ3) is 4.35. The van der Waals surface area contributed by atoms with Gasteiger partial charge in [-0.25, -0.2) is 4.79 Å². The third-order valence-corrected chi connectivity index (χ3v) is 3.90. The number of amides is 3. The van der Waals surface area contributed by atoms with Crippen molar-refractivity contribution >= 4 is 29.2 Å². The molecule has 1 atom stereocenters. The number of carbonyl (C=O) groups is 2. The molecule has 1 aliphatic heterocycles. The van der Waals surface area contributed by atoms with Crippen molar-refractivity contribution in [2.24, 2.45) is 5.73 Å². The summed E-state index contributed by atoms with van der Waals surface area (Å²) < 4.78 is 5.62. The minimum atomic E-state index is -0.602. The smallest absolute Gasteiger partial charge is 0.321 e. The van der Waals surface area contributed by atoms with E-state index in [1.165, 1.54) is 12.1 Å². The molecule has 0 saturated carbocycles. The Morgan fingerprint density at radius 1 is 1.45 bits per heavy atom. The minimum Gasteiger partial charge on any atom is -0.376 e.